The molecular formula is C25H23N3O. The molecule has 0 aliphatic heterocycles. The van der Waals surface area contributed by atoms with Gasteiger partial charge in [0.05, 0.1) is 23.7 Å². The molecule has 0 spiro atoms. The Morgan fingerprint density at radius 1 is 0.759 bits per heavy atom. The van der Waals surface area contributed by atoms with E-state index in [1.807, 2.05) is 103 Å². The number of likely N-dealkylation sites (N-methyl/N-ethyl adjacent to an activating group) is 1. The van der Waals surface area contributed by atoms with Gasteiger partial charge in [-0.05, 0) is 5.56 Å². The van der Waals surface area contributed by atoms with E-state index in [9.17, 15) is 5.11 Å². The van der Waals surface area contributed by atoms with Gasteiger partial charge in [-0.15, -0.1) is 0 Å². The zero-order valence-electron chi connectivity index (χ0n) is 16.3. The number of aromatic nitrogens is 2. The highest BCUT2D eigenvalue weighted by Gasteiger charge is 2.16. The van der Waals surface area contributed by atoms with E-state index in [-0.39, 0.29) is 0 Å². The fourth-order valence-corrected chi connectivity index (χ4v) is 3.30. The Bertz CT molecular complexity index is 1050. The number of aliphatic hydroxyl groups excluding tert-OH is 1. The Labute approximate surface area is 171 Å². The Balaban J connectivity index is 1.68. The highest BCUT2D eigenvalue weighted by atomic mass is 16.3. The van der Waals surface area contributed by atoms with Crippen LogP contribution in [0.25, 0.3) is 22.5 Å². The summed E-state index contributed by atoms with van der Waals surface area (Å²) in [5.41, 5.74) is 4.60. The first-order chi connectivity index (χ1) is 14.2. The maximum absolute atomic E-state index is 10.6. The topological polar surface area (TPSA) is 49.2 Å². The maximum atomic E-state index is 10.6. The van der Waals surface area contributed by atoms with Crippen LogP contribution in [0.4, 0.5) is 5.82 Å². The van der Waals surface area contributed by atoms with Crippen molar-refractivity contribution < 1.29 is 5.11 Å². The van der Waals surface area contributed by atoms with Crippen molar-refractivity contribution in [2.75, 3.05) is 18.5 Å². The van der Waals surface area contributed by atoms with Crippen molar-refractivity contribution in [3.05, 3.63) is 103 Å². The van der Waals surface area contributed by atoms with Crippen LogP contribution in [0.2, 0.25) is 0 Å². The van der Waals surface area contributed by atoms with Gasteiger partial charge in [0, 0.05) is 24.7 Å². The van der Waals surface area contributed by atoms with Gasteiger partial charge in [-0.1, -0.05) is 91.0 Å². The van der Waals surface area contributed by atoms with Crippen molar-refractivity contribution in [1.82, 2.24) is 9.97 Å². The lowest BCUT2D eigenvalue weighted by Gasteiger charge is -2.23. The third-order valence-corrected chi connectivity index (χ3v) is 4.88. The summed E-state index contributed by atoms with van der Waals surface area (Å²) in [5.74, 6) is 0.721. The smallest absolute Gasteiger partial charge is 0.147 e. The molecule has 4 nitrogen and oxygen atoms in total. The molecule has 4 aromatic rings. The molecule has 144 valence electrons. The van der Waals surface area contributed by atoms with E-state index in [4.69, 9.17) is 9.97 Å². The van der Waals surface area contributed by atoms with Gasteiger partial charge in [-0.2, -0.15) is 0 Å². The van der Waals surface area contributed by atoms with E-state index in [2.05, 4.69) is 0 Å². The molecule has 1 unspecified atom stereocenters. The summed E-state index contributed by atoms with van der Waals surface area (Å²) in [6.45, 7) is 0.428. The molecule has 0 bridgehead atoms. The number of hydrogen-bond donors (Lipinski definition) is 1. The molecule has 1 atom stereocenters. The van der Waals surface area contributed by atoms with Crippen molar-refractivity contribution >= 4 is 5.82 Å². The van der Waals surface area contributed by atoms with E-state index in [0.29, 0.717) is 6.54 Å². The van der Waals surface area contributed by atoms with Gasteiger partial charge in [0.2, 0.25) is 0 Å². The SMILES string of the molecule is CN(CC(O)c1ccccc1)c1cnc(-c2ccccc2)c(-c2ccccc2)n1. The van der Waals surface area contributed by atoms with E-state index < -0.39 is 6.10 Å². The van der Waals surface area contributed by atoms with Crippen LogP contribution in [-0.4, -0.2) is 28.7 Å². The van der Waals surface area contributed by atoms with Crippen molar-refractivity contribution in [1.29, 1.82) is 0 Å². The van der Waals surface area contributed by atoms with Crippen LogP contribution in [0, 0.1) is 0 Å². The van der Waals surface area contributed by atoms with Crippen LogP contribution in [0.3, 0.4) is 0 Å². The quantitative estimate of drug-likeness (QED) is 0.512. The predicted octanol–water partition coefficient (Wildman–Crippen LogP) is 4.98. The van der Waals surface area contributed by atoms with Crippen LogP contribution in [0.5, 0.6) is 0 Å². The van der Waals surface area contributed by atoms with Gasteiger partial charge >= 0.3 is 0 Å². The standard InChI is InChI=1S/C25H23N3O/c1-28(18-22(29)19-11-5-2-6-12-19)23-17-26-24(20-13-7-3-8-14-20)25(27-23)21-15-9-4-10-16-21/h2-17,22,29H,18H2,1H3. The van der Waals surface area contributed by atoms with E-state index in [0.717, 1.165) is 33.9 Å². The summed E-state index contributed by atoms with van der Waals surface area (Å²) in [5, 5.41) is 10.6. The molecule has 1 heterocycles. The van der Waals surface area contributed by atoms with Crippen molar-refractivity contribution in [3.8, 4) is 22.5 Å². The fraction of sp³-hybridized carbons (Fsp3) is 0.120. The summed E-state index contributed by atoms with van der Waals surface area (Å²) in [6.07, 6.45) is 1.17. The first-order valence-corrected chi connectivity index (χ1v) is 9.64. The molecule has 3 aromatic carbocycles. The van der Waals surface area contributed by atoms with Crippen molar-refractivity contribution in [3.63, 3.8) is 0 Å². The third kappa shape index (κ3) is 4.33. The lowest BCUT2D eigenvalue weighted by atomic mass is 10.0. The number of rotatable bonds is 6. The molecule has 4 rings (SSSR count). The van der Waals surface area contributed by atoms with Gasteiger partial charge in [0.25, 0.3) is 0 Å². The fourth-order valence-electron chi connectivity index (χ4n) is 3.30. The second-order valence-corrected chi connectivity index (χ2v) is 6.96. The molecule has 0 fully saturated rings. The van der Waals surface area contributed by atoms with Crippen LogP contribution in [0.15, 0.2) is 97.2 Å². The predicted molar refractivity (Wildman–Crippen MR) is 118 cm³/mol. The minimum absolute atomic E-state index is 0.428. The number of anilines is 1. The first kappa shape index (κ1) is 18.8. The molecule has 29 heavy (non-hydrogen) atoms. The van der Waals surface area contributed by atoms with Crippen LogP contribution < -0.4 is 4.90 Å². The largest absolute Gasteiger partial charge is 0.387 e. The van der Waals surface area contributed by atoms with E-state index in [1.165, 1.54) is 0 Å². The molecule has 0 aliphatic carbocycles. The summed E-state index contributed by atoms with van der Waals surface area (Å²) in [4.78, 5) is 11.6. The van der Waals surface area contributed by atoms with Crippen LogP contribution in [-0.2, 0) is 0 Å². The van der Waals surface area contributed by atoms with Gasteiger partial charge < -0.3 is 10.0 Å². The molecule has 1 aromatic heterocycles. The second kappa shape index (κ2) is 8.67. The summed E-state index contributed by atoms with van der Waals surface area (Å²) >= 11 is 0. The zero-order valence-corrected chi connectivity index (χ0v) is 16.3. The normalized spacial score (nSPS) is 11.8. The Morgan fingerprint density at radius 2 is 1.28 bits per heavy atom. The monoisotopic (exact) mass is 381 g/mol. The average molecular weight is 381 g/mol. The third-order valence-electron chi connectivity index (χ3n) is 4.88. The lowest BCUT2D eigenvalue weighted by molar-refractivity contribution is 0.185. The molecule has 0 radical (unpaired) electrons. The van der Waals surface area contributed by atoms with Gasteiger partial charge in [-0.25, -0.2) is 4.98 Å². The Hall–Kier alpha value is -3.50. The van der Waals surface area contributed by atoms with E-state index >= 15 is 0 Å². The Morgan fingerprint density at radius 3 is 1.86 bits per heavy atom. The molecule has 0 saturated carbocycles. The molecule has 0 saturated heterocycles. The molecule has 0 amide bonds. The zero-order chi connectivity index (χ0) is 20.1. The molecule has 0 aliphatic rings. The van der Waals surface area contributed by atoms with Gasteiger partial charge in [0.1, 0.15) is 5.82 Å². The van der Waals surface area contributed by atoms with Crippen molar-refractivity contribution in [2.24, 2.45) is 0 Å². The van der Waals surface area contributed by atoms with Crippen LogP contribution >= 0.6 is 0 Å². The molecular weight excluding hydrogens is 358 g/mol. The highest BCUT2D eigenvalue weighted by Crippen LogP contribution is 2.30. The highest BCUT2D eigenvalue weighted by molar-refractivity contribution is 5.78. The van der Waals surface area contributed by atoms with Gasteiger partial charge in [-0.3, -0.25) is 4.98 Å². The van der Waals surface area contributed by atoms with Crippen LogP contribution in [0.1, 0.15) is 11.7 Å². The summed E-state index contributed by atoms with van der Waals surface area (Å²) < 4.78 is 0. The van der Waals surface area contributed by atoms with Crippen molar-refractivity contribution in [2.45, 2.75) is 6.10 Å². The first-order valence-electron chi connectivity index (χ1n) is 9.64. The molecule has 4 heteroatoms. The van der Waals surface area contributed by atoms with Gasteiger partial charge in [0.15, 0.2) is 0 Å². The second-order valence-electron chi connectivity index (χ2n) is 6.96. The minimum Gasteiger partial charge on any atom is -0.387 e. The number of hydrogen-bond acceptors (Lipinski definition) is 4. The minimum atomic E-state index is -0.600. The summed E-state index contributed by atoms with van der Waals surface area (Å²) in [6, 6.07) is 29.8. The summed E-state index contributed by atoms with van der Waals surface area (Å²) in [7, 11) is 1.92. The lowest BCUT2D eigenvalue weighted by Crippen LogP contribution is -2.25. The Kier molecular flexibility index (Phi) is 5.63. The number of nitrogens with zero attached hydrogens (tertiary/aromatic N) is 3. The average Bonchev–Trinajstić information content (AvgIpc) is 2.80. The number of aliphatic hydroxyl groups is 1. The molecule has 1 N–H and O–H groups in total. The van der Waals surface area contributed by atoms with E-state index in [1.54, 1.807) is 6.20 Å². The maximum Gasteiger partial charge on any atom is 0.147 e. The number of benzene rings is 3.